The summed E-state index contributed by atoms with van der Waals surface area (Å²) < 4.78 is 23.1. The summed E-state index contributed by atoms with van der Waals surface area (Å²) in [5.74, 6) is 0.337. The van der Waals surface area contributed by atoms with Crippen molar-refractivity contribution >= 4 is 27.8 Å². The second-order valence-corrected chi connectivity index (χ2v) is 7.58. The summed E-state index contributed by atoms with van der Waals surface area (Å²) in [7, 11) is -3.22. The van der Waals surface area contributed by atoms with Crippen molar-refractivity contribution in [1.82, 2.24) is 9.97 Å². The summed E-state index contributed by atoms with van der Waals surface area (Å²) in [5.41, 5.74) is 8.91. The molecule has 3 rings (SSSR count). The number of hydrogen-bond donors (Lipinski definition) is 1. The van der Waals surface area contributed by atoms with Crippen molar-refractivity contribution < 1.29 is 8.42 Å². The highest BCUT2D eigenvalue weighted by Crippen LogP contribution is 2.21. The average Bonchev–Trinajstić information content (AvgIpc) is 2.61. The van der Waals surface area contributed by atoms with E-state index in [1.807, 2.05) is 42.5 Å². The lowest BCUT2D eigenvalue weighted by molar-refractivity contribution is 0.602. The summed E-state index contributed by atoms with van der Waals surface area (Å²) in [6.07, 6.45) is 6.48. The van der Waals surface area contributed by atoms with Crippen molar-refractivity contribution in [2.45, 2.75) is 4.90 Å². The fourth-order valence-corrected chi connectivity index (χ4v) is 2.92. The number of anilines is 1. The molecule has 5 nitrogen and oxygen atoms in total. The predicted molar refractivity (Wildman–Crippen MR) is 100 cm³/mol. The van der Waals surface area contributed by atoms with Crippen LogP contribution in [0.25, 0.3) is 23.4 Å². The van der Waals surface area contributed by atoms with Gasteiger partial charge in [-0.1, -0.05) is 48.5 Å². The maximum atomic E-state index is 11.5. The maximum Gasteiger partial charge on any atom is 0.175 e. The Labute approximate surface area is 146 Å². The minimum Gasteiger partial charge on any atom is -0.382 e. The normalized spacial score (nSPS) is 11.7. The Balaban J connectivity index is 1.92. The Kier molecular flexibility index (Phi) is 4.63. The van der Waals surface area contributed by atoms with E-state index in [1.165, 1.54) is 6.26 Å². The Bertz CT molecular complexity index is 1010. The van der Waals surface area contributed by atoms with Crippen LogP contribution in [0.5, 0.6) is 0 Å². The van der Waals surface area contributed by atoms with E-state index in [4.69, 9.17) is 5.73 Å². The van der Waals surface area contributed by atoms with Crippen LogP contribution in [0.2, 0.25) is 0 Å². The van der Waals surface area contributed by atoms with E-state index in [1.54, 1.807) is 30.5 Å². The standard InChI is InChI=1S/C19H17N3O2S/c1-25(23,24)16-10-8-15(9-11-16)18-13-21-19(20)17(22-18)12-7-14-5-3-2-4-6-14/h2-13H,1H3,(H2,20,21)/b12-7+. The van der Waals surface area contributed by atoms with Gasteiger partial charge in [0.05, 0.1) is 16.8 Å². The molecule has 0 aliphatic rings. The van der Waals surface area contributed by atoms with Crippen molar-refractivity contribution in [2.75, 3.05) is 12.0 Å². The molecule has 0 amide bonds. The van der Waals surface area contributed by atoms with E-state index >= 15 is 0 Å². The number of rotatable bonds is 4. The van der Waals surface area contributed by atoms with Crippen LogP contribution in [0.1, 0.15) is 11.3 Å². The van der Waals surface area contributed by atoms with E-state index in [9.17, 15) is 8.42 Å². The van der Waals surface area contributed by atoms with Gasteiger partial charge in [-0.25, -0.2) is 18.4 Å². The van der Waals surface area contributed by atoms with Crippen LogP contribution in [0, 0.1) is 0 Å². The highest BCUT2D eigenvalue weighted by Gasteiger charge is 2.09. The average molecular weight is 351 g/mol. The zero-order valence-corrected chi connectivity index (χ0v) is 14.4. The van der Waals surface area contributed by atoms with Crippen molar-refractivity contribution in [3.63, 3.8) is 0 Å². The Morgan fingerprint density at radius 3 is 2.28 bits per heavy atom. The number of sulfone groups is 1. The lowest BCUT2D eigenvalue weighted by Crippen LogP contribution is -1.99. The second-order valence-electron chi connectivity index (χ2n) is 5.57. The summed E-state index contributed by atoms with van der Waals surface area (Å²) in [5, 5.41) is 0. The minimum absolute atomic E-state index is 0.267. The monoisotopic (exact) mass is 351 g/mol. The zero-order chi connectivity index (χ0) is 17.9. The highest BCUT2D eigenvalue weighted by atomic mass is 32.2. The molecule has 0 atom stereocenters. The first-order valence-electron chi connectivity index (χ1n) is 7.59. The van der Waals surface area contributed by atoms with E-state index in [2.05, 4.69) is 9.97 Å². The fraction of sp³-hybridized carbons (Fsp3) is 0.0526. The van der Waals surface area contributed by atoms with Crippen LogP contribution in [0.15, 0.2) is 65.7 Å². The van der Waals surface area contributed by atoms with Gasteiger partial charge < -0.3 is 5.73 Å². The first-order valence-corrected chi connectivity index (χ1v) is 9.49. The van der Waals surface area contributed by atoms with Gasteiger partial charge in [0.1, 0.15) is 11.5 Å². The van der Waals surface area contributed by atoms with E-state index in [0.29, 0.717) is 17.2 Å². The first kappa shape index (κ1) is 16.9. The molecule has 0 saturated heterocycles. The Morgan fingerprint density at radius 1 is 0.960 bits per heavy atom. The minimum atomic E-state index is -3.22. The lowest BCUT2D eigenvalue weighted by Gasteiger charge is -2.05. The summed E-state index contributed by atoms with van der Waals surface area (Å²) >= 11 is 0. The number of nitrogen functional groups attached to an aromatic ring is 1. The van der Waals surface area contributed by atoms with Gasteiger partial charge in [-0.2, -0.15) is 0 Å². The molecule has 0 aliphatic heterocycles. The van der Waals surface area contributed by atoms with Crippen LogP contribution >= 0.6 is 0 Å². The van der Waals surface area contributed by atoms with Crippen LogP contribution in [0.3, 0.4) is 0 Å². The molecule has 0 aliphatic carbocycles. The Morgan fingerprint density at radius 2 is 1.64 bits per heavy atom. The molecule has 0 unspecified atom stereocenters. The fourth-order valence-electron chi connectivity index (χ4n) is 2.29. The molecular formula is C19H17N3O2S. The van der Waals surface area contributed by atoms with Crippen LogP contribution in [-0.2, 0) is 9.84 Å². The number of benzene rings is 2. The molecule has 2 N–H and O–H groups in total. The smallest absolute Gasteiger partial charge is 0.175 e. The highest BCUT2D eigenvalue weighted by molar-refractivity contribution is 7.90. The molecule has 0 radical (unpaired) electrons. The lowest BCUT2D eigenvalue weighted by atomic mass is 10.1. The molecule has 1 aromatic heterocycles. The van der Waals surface area contributed by atoms with Crippen molar-refractivity contribution in [1.29, 1.82) is 0 Å². The molecule has 25 heavy (non-hydrogen) atoms. The molecule has 126 valence electrons. The van der Waals surface area contributed by atoms with Gasteiger partial charge in [0.25, 0.3) is 0 Å². The van der Waals surface area contributed by atoms with Gasteiger partial charge in [-0.05, 0) is 23.8 Å². The Hall–Kier alpha value is -2.99. The quantitative estimate of drug-likeness (QED) is 0.779. The topological polar surface area (TPSA) is 85.9 Å². The summed E-state index contributed by atoms with van der Waals surface area (Å²) in [4.78, 5) is 8.98. The first-order chi connectivity index (χ1) is 11.9. The molecule has 0 spiro atoms. The van der Waals surface area contributed by atoms with Crippen molar-refractivity contribution in [3.8, 4) is 11.3 Å². The molecular weight excluding hydrogens is 334 g/mol. The van der Waals surface area contributed by atoms with Crippen LogP contribution in [0.4, 0.5) is 5.82 Å². The van der Waals surface area contributed by atoms with E-state index in [-0.39, 0.29) is 4.90 Å². The number of nitrogens with zero attached hydrogens (tertiary/aromatic N) is 2. The number of aromatic nitrogens is 2. The maximum absolute atomic E-state index is 11.5. The number of hydrogen-bond acceptors (Lipinski definition) is 5. The molecule has 0 fully saturated rings. The van der Waals surface area contributed by atoms with E-state index in [0.717, 1.165) is 11.1 Å². The molecule has 0 saturated carbocycles. The summed E-state index contributed by atoms with van der Waals surface area (Å²) in [6, 6.07) is 16.4. The van der Waals surface area contributed by atoms with Gasteiger partial charge in [0.15, 0.2) is 9.84 Å². The third kappa shape index (κ3) is 4.10. The SMILES string of the molecule is CS(=O)(=O)c1ccc(-c2cnc(N)c(/C=C/c3ccccc3)n2)cc1. The molecule has 0 bridgehead atoms. The molecule has 3 aromatic rings. The van der Waals surface area contributed by atoms with Gasteiger partial charge in [-0.3, -0.25) is 0 Å². The second kappa shape index (κ2) is 6.86. The predicted octanol–water partition coefficient (Wildman–Crippen LogP) is 3.30. The van der Waals surface area contributed by atoms with Gasteiger partial charge in [0, 0.05) is 11.8 Å². The van der Waals surface area contributed by atoms with Gasteiger partial charge in [0.2, 0.25) is 0 Å². The van der Waals surface area contributed by atoms with Gasteiger partial charge in [-0.15, -0.1) is 0 Å². The molecule has 6 heteroatoms. The van der Waals surface area contributed by atoms with Crippen LogP contribution in [-0.4, -0.2) is 24.6 Å². The van der Waals surface area contributed by atoms with Crippen molar-refractivity contribution in [2.24, 2.45) is 0 Å². The zero-order valence-electron chi connectivity index (χ0n) is 13.6. The number of nitrogens with two attached hydrogens (primary N) is 1. The molecule has 2 aromatic carbocycles. The van der Waals surface area contributed by atoms with E-state index < -0.39 is 9.84 Å². The van der Waals surface area contributed by atoms with Crippen molar-refractivity contribution in [3.05, 3.63) is 72.1 Å². The third-order valence-electron chi connectivity index (χ3n) is 3.64. The summed E-state index contributed by atoms with van der Waals surface area (Å²) in [6.45, 7) is 0. The van der Waals surface area contributed by atoms with Gasteiger partial charge >= 0.3 is 0 Å². The third-order valence-corrected chi connectivity index (χ3v) is 4.77. The largest absolute Gasteiger partial charge is 0.382 e. The van der Waals surface area contributed by atoms with Crippen LogP contribution < -0.4 is 5.73 Å². The molecule has 1 heterocycles.